The molecule has 0 aromatic carbocycles. The number of hydrogen-bond acceptors (Lipinski definition) is 5. The van der Waals surface area contributed by atoms with E-state index < -0.39 is 17.9 Å². The van der Waals surface area contributed by atoms with Gasteiger partial charge in [0.1, 0.15) is 24.4 Å². The fraction of sp³-hybridized carbons (Fsp3) is 0.846. The maximum absolute atomic E-state index is 5.94. The molecular weight excluding hydrogens is 236 g/mol. The third-order valence-corrected chi connectivity index (χ3v) is 3.42. The number of hydrogen-bond donors (Lipinski definition) is 0. The molecule has 5 heteroatoms. The summed E-state index contributed by atoms with van der Waals surface area (Å²) >= 11 is 0. The molecule has 0 N–H and O–H groups in total. The van der Waals surface area contributed by atoms with Crippen LogP contribution in [0.4, 0.5) is 0 Å². The molecule has 3 aliphatic rings. The zero-order valence-electron chi connectivity index (χ0n) is 11.2. The van der Waals surface area contributed by atoms with Gasteiger partial charge in [0.15, 0.2) is 17.9 Å². The SMILES string of the molecule is C=C[C@H]1O[C@@H]2OC(C)(C)O[C@@H]2[C@H]2OC(C)(C)O[C@H]21. The van der Waals surface area contributed by atoms with Crippen LogP contribution < -0.4 is 0 Å². The molecule has 0 radical (unpaired) electrons. The molecule has 5 atom stereocenters. The lowest BCUT2D eigenvalue weighted by Gasteiger charge is -2.35. The van der Waals surface area contributed by atoms with Crippen LogP contribution in [0, 0.1) is 0 Å². The van der Waals surface area contributed by atoms with Gasteiger partial charge >= 0.3 is 0 Å². The molecule has 3 aliphatic heterocycles. The maximum Gasteiger partial charge on any atom is 0.190 e. The van der Waals surface area contributed by atoms with Gasteiger partial charge in [-0.3, -0.25) is 0 Å². The maximum atomic E-state index is 5.94. The van der Waals surface area contributed by atoms with Gasteiger partial charge < -0.3 is 23.7 Å². The molecule has 0 unspecified atom stereocenters. The van der Waals surface area contributed by atoms with Crippen LogP contribution in [0.1, 0.15) is 27.7 Å². The summed E-state index contributed by atoms with van der Waals surface area (Å²) in [6.07, 6.45) is 0.410. The molecule has 18 heavy (non-hydrogen) atoms. The van der Waals surface area contributed by atoms with Gasteiger partial charge in [-0.05, 0) is 27.7 Å². The first-order chi connectivity index (χ1) is 8.31. The highest BCUT2D eigenvalue weighted by Gasteiger charge is 2.60. The molecule has 3 heterocycles. The van der Waals surface area contributed by atoms with E-state index in [-0.39, 0.29) is 24.4 Å². The molecule has 3 saturated heterocycles. The third kappa shape index (κ3) is 1.90. The molecule has 0 amide bonds. The Morgan fingerprint density at radius 1 is 0.833 bits per heavy atom. The summed E-state index contributed by atoms with van der Waals surface area (Å²) in [5.41, 5.74) is 0. The van der Waals surface area contributed by atoms with Gasteiger partial charge in [-0.2, -0.15) is 0 Å². The highest BCUT2D eigenvalue weighted by atomic mass is 16.9. The average molecular weight is 256 g/mol. The van der Waals surface area contributed by atoms with E-state index in [9.17, 15) is 0 Å². The predicted molar refractivity (Wildman–Crippen MR) is 62.7 cm³/mol. The highest BCUT2D eigenvalue weighted by molar-refractivity contribution is 5.04. The van der Waals surface area contributed by atoms with Gasteiger partial charge in [0.2, 0.25) is 0 Å². The first kappa shape index (κ1) is 12.6. The van der Waals surface area contributed by atoms with E-state index in [1.54, 1.807) is 6.08 Å². The number of fused-ring (bicyclic) bond motifs is 3. The van der Waals surface area contributed by atoms with Crippen molar-refractivity contribution in [1.29, 1.82) is 0 Å². The summed E-state index contributed by atoms with van der Waals surface area (Å²) in [7, 11) is 0. The normalized spacial score (nSPS) is 48.6. The van der Waals surface area contributed by atoms with Crippen molar-refractivity contribution >= 4 is 0 Å². The topological polar surface area (TPSA) is 46.2 Å². The summed E-state index contributed by atoms with van der Waals surface area (Å²) in [6.45, 7) is 11.3. The second kappa shape index (κ2) is 3.77. The summed E-state index contributed by atoms with van der Waals surface area (Å²) < 4.78 is 29.2. The Kier molecular flexibility index (Phi) is 2.63. The van der Waals surface area contributed by atoms with Gasteiger partial charge in [0.05, 0.1) is 0 Å². The zero-order chi connectivity index (χ0) is 13.1. The highest BCUT2D eigenvalue weighted by Crippen LogP contribution is 2.44. The van der Waals surface area contributed by atoms with Crippen LogP contribution in [0.2, 0.25) is 0 Å². The predicted octanol–water partition coefficient (Wildman–Crippen LogP) is 1.57. The summed E-state index contributed by atoms with van der Waals surface area (Å²) in [5.74, 6) is -1.29. The lowest BCUT2D eigenvalue weighted by molar-refractivity contribution is -0.222. The van der Waals surface area contributed by atoms with Crippen LogP contribution in [0.5, 0.6) is 0 Å². The Balaban J connectivity index is 1.89. The van der Waals surface area contributed by atoms with E-state index in [0.29, 0.717) is 0 Å². The van der Waals surface area contributed by atoms with E-state index in [1.807, 2.05) is 27.7 Å². The zero-order valence-corrected chi connectivity index (χ0v) is 11.2. The number of rotatable bonds is 1. The Labute approximate surface area is 107 Å². The van der Waals surface area contributed by atoms with Crippen molar-refractivity contribution < 1.29 is 23.7 Å². The van der Waals surface area contributed by atoms with Crippen LogP contribution in [-0.2, 0) is 23.7 Å². The van der Waals surface area contributed by atoms with Crippen molar-refractivity contribution in [3.63, 3.8) is 0 Å². The molecule has 3 fully saturated rings. The second-order valence-corrected chi connectivity index (χ2v) is 5.87. The van der Waals surface area contributed by atoms with Gasteiger partial charge in [-0.15, -0.1) is 6.58 Å². The minimum Gasteiger partial charge on any atom is -0.342 e. The van der Waals surface area contributed by atoms with Crippen LogP contribution >= 0.6 is 0 Å². The first-order valence-corrected chi connectivity index (χ1v) is 6.31. The fourth-order valence-electron chi connectivity index (χ4n) is 2.83. The minimum absolute atomic E-state index is 0.191. The van der Waals surface area contributed by atoms with Crippen molar-refractivity contribution in [3.05, 3.63) is 12.7 Å². The standard InChI is InChI=1S/C13H20O5/c1-6-7-8-9(16-12(2,3)15-8)10-11(14-7)18-13(4,5)17-10/h6-11H,1H2,2-5H3/t7-,8+,9+,10-,11-/m1/s1. The van der Waals surface area contributed by atoms with Crippen molar-refractivity contribution in [3.8, 4) is 0 Å². The van der Waals surface area contributed by atoms with Crippen LogP contribution in [0.25, 0.3) is 0 Å². The van der Waals surface area contributed by atoms with Gasteiger partial charge in [-0.25, -0.2) is 0 Å². The molecule has 0 bridgehead atoms. The lowest BCUT2D eigenvalue weighted by atomic mass is 9.99. The van der Waals surface area contributed by atoms with E-state index in [2.05, 4.69) is 6.58 Å². The number of ether oxygens (including phenoxy) is 5. The molecule has 0 aliphatic carbocycles. The summed E-state index contributed by atoms with van der Waals surface area (Å²) in [6, 6.07) is 0. The van der Waals surface area contributed by atoms with Crippen LogP contribution in [-0.4, -0.2) is 42.3 Å². The second-order valence-electron chi connectivity index (χ2n) is 5.87. The molecule has 3 rings (SSSR count). The Hall–Kier alpha value is -0.460. The van der Waals surface area contributed by atoms with E-state index in [0.717, 1.165) is 0 Å². The van der Waals surface area contributed by atoms with Crippen molar-refractivity contribution in [1.82, 2.24) is 0 Å². The van der Waals surface area contributed by atoms with Crippen molar-refractivity contribution in [2.24, 2.45) is 0 Å². The minimum atomic E-state index is -0.661. The molecule has 102 valence electrons. The fourth-order valence-corrected chi connectivity index (χ4v) is 2.83. The quantitative estimate of drug-likeness (QED) is 0.666. The lowest BCUT2D eigenvalue weighted by Crippen LogP contribution is -2.54. The summed E-state index contributed by atoms with van der Waals surface area (Å²) in [4.78, 5) is 0. The van der Waals surface area contributed by atoms with E-state index >= 15 is 0 Å². The van der Waals surface area contributed by atoms with Crippen molar-refractivity contribution in [2.45, 2.75) is 70.0 Å². The molecule has 0 spiro atoms. The van der Waals surface area contributed by atoms with Crippen molar-refractivity contribution in [2.75, 3.05) is 0 Å². The third-order valence-electron chi connectivity index (χ3n) is 3.42. The van der Waals surface area contributed by atoms with Gasteiger partial charge in [-0.1, -0.05) is 6.08 Å². The molecule has 0 aromatic heterocycles. The molecule has 0 saturated carbocycles. The smallest absolute Gasteiger partial charge is 0.190 e. The van der Waals surface area contributed by atoms with Gasteiger partial charge in [0, 0.05) is 0 Å². The van der Waals surface area contributed by atoms with Gasteiger partial charge in [0.25, 0.3) is 0 Å². The monoisotopic (exact) mass is 256 g/mol. The largest absolute Gasteiger partial charge is 0.342 e. The first-order valence-electron chi connectivity index (χ1n) is 6.31. The van der Waals surface area contributed by atoms with Crippen LogP contribution in [0.3, 0.4) is 0 Å². The molecular formula is C13H20O5. The molecule has 5 nitrogen and oxygen atoms in total. The van der Waals surface area contributed by atoms with Crippen LogP contribution in [0.15, 0.2) is 12.7 Å². The Morgan fingerprint density at radius 3 is 2.06 bits per heavy atom. The Morgan fingerprint density at radius 2 is 1.39 bits per heavy atom. The Bertz CT molecular complexity index is 364. The summed E-state index contributed by atoms with van der Waals surface area (Å²) in [5, 5.41) is 0. The van der Waals surface area contributed by atoms with E-state index in [1.165, 1.54) is 0 Å². The molecule has 0 aromatic rings. The van der Waals surface area contributed by atoms with E-state index in [4.69, 9.17) is 23.7 Å². The average Bonchev–Trinajstić information content (AvgIpc) is 2.71.